The highest BCUT2D eigenvalue weighted by Gasteiger charge is 2.26. The van der Waals surface area contributed by atoms with Gasteiger partial charge in [0.1, 0.15) is 12.3 Å². The minimum atomic E-state index is 0. The Hall–Kier alpha value is -2.49. The standard InChI is InChI=1S/C24H31N5O2.HI/c1-3-25-24(26-16-23(30)29-15-12-18-8-4-5-9-20(18)29)27-19-13-14-28(17-19)21-10-6-7-11-22(21)31-2;/h4-11,19H,3,12-17H2,1-2H3,(H2,25,26,27);1H. The van der Waals surface area contributed by atoms with Crippen LogP contribution in [0.5, 0.6) is 5.75 Å². The Labute approximate surface area is 207 Å². The summed E-state index contributed by atoms with van der Waals surface area (Å²) in [4.78, 5) is 21.6. The molecule has 2 N–H and O–H groups in total. The number of ether oxygens (including phenoxy) is 1. The number of aliphatic imine (C=N–C) groups is 1. The van der Waals surface area contributed by atoms with Crippen molar-refractivity contribution in [2.45, 2.75) is 25.8 Å². The molecule has 1 fully saturated rings. The molecule has 4 rings (SSSR count). The van der Waals surface area contributed by atoms with Crippen molar-refractivity contribution in [3.63, 3.8) is 0 Å². The number of halogens is 1. The van der Waals surface area contributed by atoms with Crippen molar-refractivity contribution in [1.29, 1.82) is 0 Å². The van der Waals surface area contributed by atoms with E-state index in [1.807, 2.05) is 48.2 Å². The van der Waals surface area contributed by atoms with E-state index in [2.05, 4.69) is 32.7 Å². The number of anilines is 2. The summed E-state index contributed by atoms with van der Waals surface area (Å²) in [6.45, 7) is 5.45. The number of hydrogen-bond donors (Lipinski definition) is 2. The van der Waals surface area contributed by atoms with E-state index in [0.29, 0.717) is 5.96 Å². The molecular formula is C24H32IN5O2. The van der Waals surface area contributed by atoms with Gasteiger partial charge in [0.25, 0.3) is 0 Å². The van der Waals surface area contributed by atoms with Crippen LogP contribution in [0.1, 0.15) is 18.9 Å². The molecule has 1 amide bonds. The molecule has 172 valence electrons. The van der Waals surface area contributed by atoms with Gasteiger partial charge in [0.15, 0.2) is 5.96 Å². The first-order valence-corrected chi connectivity index (χ1v) is 11.0. The third kappa shape index (κ3) is 5.46. The van der Waals surface area contributed by atoms with Gasteiger partial charge in [0.2, 0.25) is 5.91 Å². The Morgan fingerprint density at radius 1 is 1.12 bits per heavy atom. The zero-order valence-corrected chi connectivity index (χ0v) is 21.0. The van der Waals surface area contributed by atoms with Crippen LogP contribution in [0.25, 0.3) is 0 Å². The van der Waals surface area contributed by atoms with E-state index in [1.54, 1.807) is 7.11 Å². The second-order valence-corrected chi connectivity index (χ2v) is 7.87. The van der Waals surface area contributed by atoms with E-state index in [-0.39, 0.29) is 42.5 Å². The average molecular weight is 549 g/mol. The summed E-state index contributed by atoms with van der Waals surface area (Å²) in [5.74, 6) is 1.61. The summed E-state index contributed by atoms with van der Waals surface area (Å²) in [7, 11) is 1.70. The van der Waals surface area contributed by atoms with E-state index >= 15 is 0 Å². The average Bonchev–Trinajstić information content (AvgIpc) is 3.44. The zero-order chi connectivity index (χ0) is 21.6. The molecule has 1 saturated heterocycles. The van der Waals surface area contributed by atoms with Gasteiger partial charge in [-0.15, -0.1) is 24.0 Å². The summed E-state index contributed by atoms with van der Waals surface area (Å²) in [5.41, 5.74) is 3.36. The lowest BCUT2D eigenvalue weighted by Gasteiger charge is -2.22. The first-order chi connectivity index (χ1) is 15.2. The molecule has 2 heterocycles. The van der Waals surface area contributed by atoms with Gasteiger partial charge >= 0.3 is 0 Å². The fourth-order valence-electron chi connectivity index (χ4n) is 4.33. The van der Waals surface area contributed by atoms with Crippen molar-refractivity contribution < 1.29 is 9.53 Å². The summed E-state index contributed by atoms with van der Waals surface area (Å²) in [6.07, 6.45) is 1.90. The van der Waals surface area contributed by atoms with Crippen molar-refractivity contribution in [2.75, 3.05) is 49.6 Å². The molecule has 0 spiro atoms. The third-order valence-electron chi connectivity index (χ3n) is 5.86. The number of fused-ring (bicyclic) bond motifs is 1. The van der Waals surface area contributed by atoms with Crippen molar-refractivity contribution in [1.82, 2.24) is 10.6 Å². The van der Waals surface area contributed by atoms with Gasteiger partial charge in [-0.2, -0.15) is 0 Å². The quantitative estimate of drug-likeness (QED) is 0.330. The second-order valence-electron chi connectivity index (χ2n) is 7.87. The Balaban J connectivity index is 0.00000289. The smallest absolute Gasteiger partial charge is 0.248 e. The largest absolute Gasteiger partial charge is 0.495 e. The van der Waals surface area contributed by atoms with E-state index in [9.17, 15) is 4.79 Å². The SMILES string of the molecule is CCNC(=NCC(=O)N1CCc2ccccc21)NC1CCN(c2ccccc2OC)C1.I. The van der Waals surface area contributed by atoms with E-state index in [4.69, 9.17) is 4.74 Å². The molecule has 0 aliphatic carbocycles. The van der Waals surface area contributed by atoms with Crippen LogP contribution >= 0.6 is 24.0 Å². The molecule has 0 aromatic heterocycles. The first-order valence-electron chi connectivity index (χ1n) is 11.0. The molecule has 0 radical (unpaired) electrons. The molecule has 32 heavy (non-hydrogen) atoms. The van der Waals surface area contributed by atoms with Crippen molar-refractivity contribution in [3.05, 3.63) is 54.1 Å². The number of guanidine groups is 1. The molecule has 1 atom stereocenters. The normalized spacial score (nSPS) is 17.6. The van der Waals surface area contributed by atoms with Gasteiger partial charge in [-0.3, -0.25) is 4.79 Å². The molecular weight excluding hydrogens is 517 g/mol. The highest BCUT2D eigenvalue weighted by atomic mass is 127. The first kappa shape index (κ1) is 24.2. The van der Waals surface area contributed by atoms with Crippen LogP contribution in [0.15, 0.2) is 53.5 Å². The minimum Gasteiger partial charge on any atom is -0.495 e. The maximum atomic E-state index is 12.8. The number of para-hydroxylation sites is 3. The number of carbonyl (C=O) groups is 1. The maximum Gasteiger partial charge on any atom is 0.248 e. The molecule has 0 saturated carbocycles. The lowest BCUT2D eigenvalue weighted by atomic mass is 10.2. The lowest BCUT2D eigenvalue weighted by molar-refractivity contribution is -0.117. The molecule has 1 unspecified atom stereocenters. The fraction of sp³-hybridized carbons (Fsp3) is 0.417. The van der Waals surface area contributed by atoms with Crippen LogP contribution in [-0.2, 0) is 11.2 Å². The number of nitrogens with one attached hydrogen (secondary N) is 2. The summed E-state index contributed by atoms with van der Waals surface area (Å²) >= 11 is 0. The molecule has 2 aliphatic heterocycles. The van der Waals surface area contributed by atoms with Crippen molar-refractivity contribution in [3.8, 4) is 5.75 Å². The number of amides is 1. The Bertz CT molecular complexity index is 951. The van der Waals surface area contributed by atoms with Gasteiger partial charge in [0, 0.05) is 37.9 Å². The van der Waals surface area contributed by atoms with Crippen LogP contribution < -0.4 is 25.2 Å². The van der Waals surface area contributed by atoms with Crippen LogP contribution in [0, 0.1) is 0 Å². The summed E-state index contributed by atoms with van der Waals surface area (Å²) in [5, 5.41) is 6.78. The van der Waals surface area contributed by atoms with E-state index < -0.39 is 0 Å². The second kappa shape index (κ2) is 11.4. The summed E-state index contributed by atoms with van der Waals surface area (Å²) in [6, 6.07) is 16.5. The van der Waals surface area contributed by atoms with Gasteiger partial charge in [0.05, 0.1) is 12.8 Å². The predicted molar refractivity (Wildman–Crippen MR) is 141 cm³/mol. The maximum absolute atomic E-state index is 12.8. The number of carbonyl (C=O) groups excluding carboxylic acids is 1. The monoisotopic (exact) mass is 549 g/mol. The number of nitrogens with zero attached hydrogens (tertiary/aromatic N) is 3. The highest BCUT2D eigenvalue weighted by molar-refractivity contribution is 14.0. The number of methoxy groups -OCH3 is 1. The number of hydrogen-bond acceptors (Lipinski definition) is 4. The minimum absolute atomic E-state index is 0. The summed E-state index contributed by atoms with van der Waals surface area (Å²) < 4.78 is 5.51. The topological polar surface area (TPSA) is 69.2 Å². The fourth-order valence-corrected chi connectivity index (χ4v) is 4.33. The predicted octanol–water partition coefficient (Wildman–Crippen LogP) is 3.04. The molecule has 0 bridgehead atoms. The Morgan fingerprint density at radius 3 is 2.66 bits per heavy atom. The van der Waals surface area contributed by atoms with E-state index in [0.717, 1.165) is 56.1 Å². The highest BCUT2D eigenvalue weighted by Crippen LogP contribution is 2.30. The Morgan fingerprint density at radius 2 is 1.88 bits per heavy atom. The van der Waals surface area contributed by atoms with Gasteiger partial charge < -0.3 is 25.2 Å². The lowest BCUT2D eigenvalue weighted by Crippen LogP contribution is -2.45. The van der Waals surface area contributed by atoms with Crippen LogP contribution in [0.4, 0.5) is 11.4 Å². The van der Waals surface area contributed by atoms with Crippen molar-refractivity contribution >= 4 is 47.2 Å². The molecule has 2 aromatic carbocycles. The van der Waals surface area contributed by atoms with Crippen LogP contribution in [-0.4, -0.2) is 57.7 Å². The Kier molecular flexibility index (Phi) is 8.60. The molecule has 2 aromatic rings. The third-order valence-corrected chi connectivity index (χ3v) is 5.86. The number of benzene rings is 2. The van der Waals surface area contributed by atoms with Crippen LogP contribution in [0.3, 0.4) is 0 Å². The number of rotatable bonds is 6. The van der Waals surface area contributed by atoms with E-state index in [1.165, 1.54) is 5.56 Å². The van der Waals surface area contributed by atoms with Gasteiger partial charge in [-0.05, 0) is 43.5 Å². The zero-order valence-electron chi connectivity index (χ0n) is 18.7. The molecule has 2 aliphatic rings. The van der Waals surface area contributed by atoms with Crippen molar-refractivity contribution in [2.24, 2.45) is 4.99 Å². The molecule has 7 nitrogen and oxygen atoms in total. The van der Waals surface area contributed by atoms with Gasteiger partial charge in [-0.25, -0.2) is 4.99 Å². The molecule has 8 heteroatoms. The van der Waals surface area contributed by atoms with Gasteiger partial charge in [-0.1, -0.05) is 30.3 Å². The van der Waals surface area contributed by atoms with Crippen LogP contribution in [0.2, 0.25) is 0 Å².